The average Bonchev–Trinajstić information content (AvgIpc) is 3.07. The van der Waals surface area contributed by atoms with Crippen molar-refractivity contribution in [3.8, 4) is 11.1 Å². The number of aliphatic hydroxyl groups excluding tert-OH is 1. The zero-order valence-electron chi connectivity index (χ0n) is 22.9. The quantitative estimate of drug-likeness (QED) is 0.283. The van der Waals surface area contributed by atoms with Gasteiger partial charge >= 0.3 is 6.03 Å². The molecule has 0 saturated carbocycles. The molecule has 0 aliphatic carbocycles. The van der Waals surface area contributed by atoms with Gasteiger partial charge in [-0.25, -0.2) is 4.79 Å². The molecule has 0 aromatic heterocycles. The number of nitrogens with one attached hydrogen (secondary N) is 3. The Hall–Kier alpha value is -4.21. The summed E-state index contributed by atoms with van der Waals surface area (Å²) in [5.74, 6) is -0.525. The number of para-hydroxylation sites is 1. The van der Waals surface area contributed by atoms with E-state index in [-0.39, 0.29) is 31.0 Å². The van der Waals surface area contributed by atoms with Crippen molar-refractivity contribution in [2.45, 2.75) is 51.4 Å². The maximum Gasteiger partial charge on any atom is 0.315 e. The fourth-order valence-electron chi connectivity index (χ4n) is 4.69. The molecule has 3 aromatic carbocycles. The van der Waals surface area contributed by atoms with Crippen LogP contribution in [0.1, 0.15) is 37.0 Å². The van der Waals surface area contributed by atoms with Crippen molar-refractivity contribution in [1.82, 2.24) is 16.0 Å². The number of hydrogen-bond donors (Lipinski definition) is 5. The van der Waals surface area contributed by atoms with Gasteiger partial charge in [0.15, 0.2) is 0 Å². The van der Waals surface area contributed by atoms with E-state index in [2.05, 4.69) is 16.0 Å². The molecule has 4 rings (SSSR count). The van der Waals surface area contributed by atoms with E-state index in [1.807, 2.05) is 72.8 Å². The van der Waals surface area contributed by atoms with Crippen LogP contribution in [0.3, 0.4) is 0 Å². The van der Waals surface area contributed by atoms with E-state index < -0.39 is 11.6 Å². The standard InChI is InChI=1S/C31H37N5O4/c1-31(2,32)29(39)35-26-16-15-23-7-4-6-10-27(23)36(28(26)38)20-21-11-13-22(14-12-21)25-9-5-3-8-24(25)19-34-30(40)33-17-18-37/h3-14,26,37H,15-20,32H2,1-2H3,(H,35,39)(H2,33,34,40)/t26-/m1/s1. The first-order chi connectivity index (χ1) is 19.2. The van der Waals surface area contributed by atoms with Gasteiger partial charge in [-0.15, -0.1) is 0 Å². The summed E-state index contributed by atoms with van der Waals surface area (Å²) in [7, 11) is 0. The normalized spacial score (nSPS) is 15.2. The largest absolute Gasteiger partial charge is 0.395 e. The number of benzene rings is 3. The molecule has 0 spiro atoms. The second-order valence-electron chi connectivity index (χ2n) is 10.5. The van der Waals surface area contributed by atoms with Gasteiger partial charge < -0.3 is 31.7 Å². The molecule has 0 unspecified atom stereocenters. The van der Waals surface area contributed by atoms with E-state index >= 15 is 0 Å². The molecule has 40 heavy (non-hydrogen) atoms. The molecule has 0 fully saturated rings. The Kier molecular flexibility index (Phi) is 9.19. The second-order valence-corrected chi connectivity index (χ2v) is 10.5. The highest BCUT2D eigenvalue weighted by molar-refractivity contribution is 6.01. The van der Waals surface area contributed by atoms with Gasteiger partial charge in [-0.3, -0.25) is 9.59 Å². The molecule has 1 aliphatic rings. The monoisotopic (exact) mass is 543 g/mol. The Morgan fingerprint density at radius 2 is 1.70 bits per heavy atom. The Morgan fingerprint density at radius 3 is 2.42 bits per heavy atom. The molecule has 9 heteroatoms. The average molecular weight is 544 g/mol. The van der Waals surface area contributed by atoms with Crippen molar-refractivity contribution >= 4 is 23.5 Å². The van der Waals surface area contributed by atoms with Crippen LogP contribution < -0.4 is 26.6 Å². The molecule has 6 N–H and O–H groups in total. The summed E-state index contributed by atoms with van der Waals surface area (Å²) in [6.45, 7) is 4.00. The van der Waals surface area contributed by atoms with Crippen LogP contribution in [0, 0.1) is 0 Å². The summed E-state index contributed by atoms with van der Waals surface area (Å²) in [6, 6.07) is 22.6. The second kappa shape index (κ2) is 12.8. The van der Waals surface area contributed by atoms with Crippen LogP contribution in [0.5, 0.6) is 0 Å². The maximum atomic E-state index is 13.7. The summed E-state index contributed by atoms with van der Waals surface area (Å²) in [4.78, 5) is 40.0. The van der Waals surface area contributed by atoms with E-state index in [1.54, 1.807) is 18.7 Å². The van der Waals surface area contributed by atoms with Crippen LogP contribution >= 0.6 is 0 Å². The van der Waals surface area contributed by atoms with E-state index in [0.29, 0.717) is 25.9 Å². The van der Waals surface area contributed by atoms with E-state index in [1.165, 1.54) is 0 Å². The summed E-state index contributed by atoms with van der Waals surface area (Å²) in [5, 5.41) is 17.1. The van der Waals surface area contributed by atoms with Gasteiger partial charge in [0.05, 0.1) is 18.7 Å². The number of urea groups is 1. The topological polar surface area (TPSA) is 137 Å². The molecule has 210 valence electrons. The van der Waals surface area contributed by atoms with E-state index in [4.69, 9.17) is 10.8 Å². The predicted molar refractivity (Wildman–Crippen MR) is 155 cm³/mol. The summed E-state index contributed by atoms with van der Waals surface area (Å²) < 4.78 is 0. The van der Waals surface area contributed by atoms with Crippen LogP contribution in [0.4, 0.5) is 10.5 Å². The van der Waals surface area contributed by atoms with Crippen molar-refractivity contribution in [2.75, 3.05) is 18.1 Å². The fraction of sp³-hybridized carbons (Fsp3) is 0.323. The van der Waals surface area contributed by atoms with Crippen molar-refractivity contribution in [3.05, 3.63) is 89.5 Å². The number of rotatable bonds is 9. The van der Waals surface area contributed by atoms with Gasteiger partial charge in [0, 0.05) is 18.8 Å². The fourth-order valence-corrected chi connectivity index (χ4v) is 4.69. The number of amides is 4. The molecule has 0 radical (unpaired) electrons. The lowest BCUT2D eigenvalue weighted by Crippen LogP contribution is -2.56. The molecule has 4 amide bonds. The highest BCUT2D eigenvalue weighted by Crippen LogP contribution is 2.30. The lowest BCUT2D eigenvalue weighted by Gasteiger charge is -2.28. The first-order valence-electron chi connectivity index (χ1n) is 13.5. The predicted octanol–water partition coefficient (Wildman–Crippen LogP) is 2.85. The van der Waals surface area contributed by atoms with Crippen molar-refractivity contribution in [2.24, 2.45) is 5.73 Å². The van der Waals surface area contributed by atoms with Gasteiger partial charge in [-0.05, 0) is 60.6 Å². The number of nitrogens with two attached hydrogens (primary N) is 1. The zero-order valence-corrected chi connectivity index (χ0v) is 22.9. The Balaban J connectivity index is 1.54. The van der Waals surface area contributed by atoms with Gasteiger partial charge in [-0.2, -0.15) is 0 Å². The first kappa shape index (κ1) is 28.8. The lowest BCUT2D eigenvalue weighted by molar-refractivity contribution is -0.130. The molecule has 3 aromatic rings. The minimum Gasteiger partial charge on any atom is -0.395 e. The molecule has 0 saturated heterocycles. The number of carbonyl (C=O) groups is 3. The van der Waals surface area contributed by atoms with Crippen molar-refractivity contribution in [3.63, 3.8) is 0 Å². The van der Waals surface area contributed by atoms with Gasteiger partial charge in [0.25, 0.3) is 0 Å². The number of hydrogen-bond acceptors (Lipinski definition) is 5. The SMILES string of the molecule is CC(C)(N)C(=O)N[C@@H]1CCc2ccccc2N(Cc2ccc(-c3ccccc3CNC(=O)NCCO)cc2)C1=O. The van der Waals surface area contributed by atoms with Crippen molar-refractivity contribution < 1.29 is 19.5 Å². The number of nitrogens with zero attached hydrogens (tertiary/aromatic N) is 1. The van der Waals surface area contributed by atoms with Crippen LogP contribution in [0.15, 0.2) is 72.8 Å². The Bertz CT molecular complexity index is 1350. The Labute approximate surface area is 234 Å². The molecule has 0 bridgehead atoms. The van der Waals surface area contributed by atoms with E-state index in [0.717, 1.165) is 33.5 Å². The zero-order chi connectivity index (χ0) is 28.7. The van der Waals surface area contributed by atoms with Crippen LogP contribution in [0.2, 0.25) is 0 Å². The molecular formula is C31H37N5O4. The number of fused-ring (bicyclic) bond motifs is 1. The molecule has 1 aliphatic heterocycles. The maximum absolute atomic E-state index is 13.7. The third kappa shape index (κ3) is 7.05. The number of aliphatic hydroxyl groups is 1. The number of anilines is 1. The van der Waals surface area contributed by atoms with Crippen LogP contribution in [-0.4, -0.2) is 47.7 Å². The third-order valence-corrected chi connectivity index (χ3v) is 6.90. The van der Waals surface area contributed by atoms with E-state index in [9.17, 15) is 14.4 Å². The van der Waals surface area contributed by atoms with Crippen LogP contribution in [-0.2, 0) is 29.1 Å². The van der Waals surface area contributed by atoms with Crippen LogP contribution in [0.25, 0.3) is 11.1 Å². The Morgan fingerprint density at radius 1 is 1.00 bits per heavy atom. The van der Waals surface area contributed by atoms with Gasteiger partial charge in [-0.1, -0.05) is 66.7 Å². The first-order valence-corrected chi connectivity index (χ1v) is 13.5. The lowest BCUT2D eigenvalue weighted by atomic mass is 9.98. The molecular weight excluding hydrogens is 506 g/mol. The smallest absolute Gasteiger partial charge is 0.315 e. The number of aryl methyl sites for hydroxylation is 1. The third-order valence-electron chi connectivity index (χ3n) is 6.90. The summed E-state index contributed by atoms with van der Waals surface area (Å²) >= 11 is 0. The molecule has 9 nitrogen and oxygen atoms in total. The van der Waals surface area contributed by atoms with Gasteiger partial charge in [0.1, 0.15) is 6.04 Å². The highest BCUT2D eigenvalue weighted by Gasteiger charge is 2.34. The molecule has 1 heterocycles. The summed E-state index contributed by atoms with van der Waals surface area (Å²) in [5.41, 5.74) is 10.7. The minimum atomic E-state index is -1.09. The molecule has 1 atom stereocenters. The highest BCUT2D eigenvalue weighted by atomic mass is 16.3. The van der Waals surface area contributed by atoms with Gasteiger partial charge in [0.2, 0.25) is 11.8 Å². The summed E-state index contributed by atoms with van der Waals surface area (Å²) in [6.07, 6.45) is 1.16. The van der Waals surface area contributed by atoms with Crippen molar-refractivity contribution in [1.29, 1.82) is 0 Å². The number of carbonyl (C=O) groups excluding carboxylic acids is 3. The minimum absolute atomic E-state index is 0.119.